The van der Waals surface area contributed by atoms with Crippen molar-refractivity contribution < 1.29 is 14.3 Å². The molecule has 1 aromatic carbocycles. The number of carbonyl (C=O) groups excluding carboxylic acids is 2. The summed E-state index contributed by atoms with van der Waals surface area (Å²) < 4.78 is 4.81. The van der Waals surface area contributed by atoms with Crippen molar-refractivity contribution in [2.45, 2.75) is 6.92 Å². The molecule has 4 nitrogen and oxygen atoms in total. The number of ether oxygens (including phenoxy) is 1. The summed E-state index contributed by atoms with van der Waals surface area (Å²) in [6.07, 6.45) is 0.560. The molecule has 0 radical (unpaired) electrons. The summed E-state index contributed by atoms with van der Waals surface area (Å²) in [7, 11) is 0. The zero-order valence-electron chi connectivity index (χ0n) is 7.82. The molecule has 0 aromatic heterocycles. The van der Waals surface area contributed by atoms with E-state index in [1.807, 2.05) is 0 Å². The smallest absolute Gasteiger partial charge is 0.338 e. The second kappa shape index (κ2) is 5.01. The van der Waals surface area contributed by atoms with Crippen LogP contribution in [0.2, 0.25) is 0 Å². The molecule has 0 atom stereocenters. The molecule has 0 spiro atoms. The van der Waals surface area contributed by atoms with E-state index in [1.54, 1.807) is 31.2 Å². The highest BCUT2D eigenvalue weighted by Gasteiger charge is 2.05. The molecule has 4 heteroatoms. The van der Waals surface area contributed by atoms with Crippen molar-refractivity contribution >= 4 is 18.1 Å². The number of hydrogen-bond acceptors (Lipinski definition) is 3. The van der Waals surface area contributed by atoms with Crippen LogP contribution in [0.5, 0.6) is 0 Å². The van der Waals surface area contributed by atoms with Crippen LogP contribution in [0.15, 0.2) is 24.3 Å². The molecule has 0 saturated carbocycles. The highest BCUT2D eigenvalue weighted by Crippen LogP contribution is 2.10. The molecule has 1 N–H and O–H groups in total. The fourth-order valence-corrected chi connectivity index (χ4v) is 1.02. The van der Waals surface area contributed by atoms with Crippen LogP contribution in [-0.4, -0.2) is 19.0 Å². The van der Waals surface area contributed by atoms with Crippen molar-refractivity contribution in [3.8, 4) is 0 Å². The minimum atomic E-state index is -0.387. The standard InChI is InChI=1S/C10H11NO3/c1-2-14-10(13)8-4-3-5-9(6-8)11-7-12/h3-7H,2H2,1H3,(H,11,12). The average Bonchev–Trinajstić information content (AvgIpc) is 2.19. The van der Waals surface area contributed by atoms with Crippen molar-refractivity contribution in [1.29, 1.82) is 0 Å². The second-order valence-corrected chi connectivity index (χ2v) is 2.56. The Labute approximate surface area is 81.9 Å². The van der Waals surface area contributed by atoms with E-state index < -0.39 is 0 Å². The zero-order valence-corrected chi connectivity index (χ0v) is 7.82. The molecular weight excluding hydrogens is 182 g/mol. The van der Waals surface area contributed by atoms with E-state index in [2.05, 4.69) is 5.32 Å². The third-order valence-corrected chi connectivity index (χ3v) is 1.60. The van der Waals surface area contributed by atoms with Gasteiger partial charge in [-0.2, -0.15) is 0 Å². The molecule has 1 amide bonds. The van der Waals surface area contributed by atoms with Crippen LogP contribution < -0.4 is 5.32 Å². The van der Waals surface area contributed by atoms with Crippen molar-refractivity contribution in [3.63, 3.8) is 0 Å². The lowest BCUT2D eigenvalue weighted by Crippen LogP contribution is -2.05. The Morgan fingerprint density at radius 1 is 1.57 bits per heavy atom. The lowest BCUT2D eigenvalue weighted by molar-refractivity contribution is -0.105. The van der Waals surface area contributed by atoms with Crippen LogP contribution in [0.4, 0.5) is 5.69 Å². The van der Waals surface area contributed by atoms with Gasteiger partial charge in [-0.25, -0.2) is 4.79 Å². The van der Waals surface area contributed by atoms with Crippen LogP contribution in [0.1, 0.15) is 17.3 Å². The number of amides is 1. The molecule has 0 heterocycles. The molecule has 0 aliphatic rings. The molecule has 0 unspecified atom stereocenters. The van der Waals surface area contributed by atoms with Crippen LogP contribution >= 0.6 is 0 Å². The summed E-state index contributed by atoms with van der Waals surface area (Å²) in [6.45, 7) is 2.08. The summed E-state index contributed by atoms with van der Waals surface area (Å²) >= 11 is 0. The van der Waals surface area contributed by atoms with Gasteiger partial charge in [-0.3, -0.25) is 4.79 Å². The Morgan fingerprint density at radius 3 is 3.00 bits per heavy atom. The molecule has 14 heavy (non-hydrogen) atoms. The Balaban J connectivity index is 2.82. The van der Waals surface area contributed by atoms with Gasteiger partial charge in [0, 0.05) is 5.69 Å². The summed E-state index contributed by atoms with van der Waals surface area (Å²) in [5, 5.41) is 2.46. The number of hydrogen-bond donors (Lipinski definition) is 1. The molecule has 0 aliphatic carbocycles. The summed E-state index contributed by atoms with van der Waals surface area (Å²) in [5.74, 6) is -0.387. The molecule has 0 aliphatic heterocycles. The van der Waals surface area contributed by atoms with E-state index in [4.69, 9.17) is 4.74 Å². The third kappa shape index (κ3) is 2.58. The van der Waals surface area contributed by atoms with Crippen molar-refractivity contribution in [2.24, 2.45) is 0 Å². The van der Waals surface area contributed by atoms with Crippen molar-refractivity contribution in [1.82, 2.24) is 0 Å². The van der Waals surface area contributed by atoms with Gasteiger partial charge in [-0.15, -0.1) is 0 Å². The summed E-state index contributed by atoms with van der Waals surface area (Å²) in [5.41, 5.74) is 1.00. The Morgan fingerprint density at radius 2 is 2.36 bits per heavy atom. The highest BCUT2D eigenvalue weighted by molar-refractivity contribution is 5.91. The van der Waals surface area contributed by atoms with Crippen molar-refractivity contribution in [2.75, 3.05) is 11.9 Å². The molecular formula is C10H11NO3. The molecule has 1 rings (SSSR count). The molecule has 1 aromatic rings. The minimum Gasteiger partial charge on any atom is -0.462 e. The Kier molecular flexibility index (Phi) is 3.67. The number of esters is 1. The van der Waals surface area contributed by atoms with E-state index in [-0.39, 0.29) is 5.97 Å². The van der Waals surface area contributed by atoms with Gasteiger partial charge in [0.1, 0.15) is 0 Å². The van der Waals surface area contributed by atoms with Crippen LogP contribution in [0.3, 0.4) is 0 Å². The lowest BCUT2D eigenvalue weighted by Gasteiger charge is -2.03. The van der Waals surface area contributed by atoms with E-state index in [1.165, 1.54) is 0 Å². The maximum atomic E-state index is 11.3. The zero-order chi connectivity index (χ0) is 10.4. The fraction of sp³-hybridized carbons (Fsp3) is 0.200. The predicted molar refractivity (Wildman–Crippen MR) is 52.1 cm³/mol. The number of carbonyl (C=O) groups is 2. The van der Waals surface area contributed by atoms with Crippen LogP contribution in [0, 0.1) is 0 Å². The average molecular weight is 193 g/mol. The minimum absolute atomic E-state index is 0.337. The van der Waals surface area contributed by atoms with Gasteiger partial charge >= 0.3 is 5.97 Å². The summed E-state index contributed by atoms with van der Waals surface area (Å²) in [4.78, 5) is 21.4. The van der Waals surface area contributed by atoms with Crippen LogP contribution in [-0.2, 0) is 9.53 Å². The van der Waals surface area contributed by atoms with Crippen molar-refractivity contribution in [3.05, 3.63) is 29.8 Å². The van der Waals surface area contributed by atoms with Gasteiger partial charge in [-0.05, 0) is 25.1 Å². The monoisotopic (exact) mass is 193 g/mol. The Hall–Kier alpha value is -1.84. The van der Waals surface area contributed by atoms with Crippen LogP contribution in [0.25, 0.3) is 0 Å². The maximum Gasteiger partial charge on any atom is 0.338 e. The van der Waals surface area contributed by atoms with Gasteiger partial charge in [-0.1, -0.05) is 6.07 Å². The van der Waals surface area contributed by atoms with E-state index >= 15 is 0 Å². The third-order valence-electron chi connectivity index (χ3n) is 1.60. The summed E-state index contributed by atoms with van der Waals surface area (Å²) in [6, 6.07) is 6.57. The maximum absolute atomic E-state index is 11.3. The molecule has 0 fully saturated rings. The topological polar surface area (TPSA) is 55.4 Å². The normalized spacial score (nSPS) is 9.21. The number of nitrogens with one attached hydrogen (secondary N) is 1. The van der Waals surface area contributed by atoms with E-state index in [0.717, 1.165) is 0 Å². The second-order valence-electron chi connectivity index (χ2n) is 2.56. The quantitative estimate of drug-likeness (QED) is 0.581. The largest absolute Gasteiger partial charge is 0.462 e. The first-order valence-electron chi connectivity index (χ1n) is 4.25. The lowest BCUT2D eigenvalue weighted by atomic mass is 10.2. The van der Waals surface area contributed by atoms with Gasteiger partial charge in [0.25, 0.3) is 0 Å². The first-order chi connectivity index (χ1) is 6.77. The van der Waals surface area contributed by atoms with Gasteiger partial charge in [0.15, 0.2) is 0 Å². The molecule has 0 bridgehead atoms. The number of anilines is 1. The highest BCUT2D eigenvalue weighted by atomic mass is 16.5. The number of benzene rings is 1. The van der Waals surface area contributed by atoms with Gasteiger partial charge in [0.05, 0.1) is 12.2 Å². The first-order valence-corrected chi connectivity index (χ1v) is 4.25. The Bertz CT molecular complexity index is 336. The SMILES string of the molecule is CCOC(=O)c1cccc(NC=O)c1. The fourth-order valence-electron chi connectivity index (χ4n) is 1.02. The van der Waals surface area contributed by atoms with E-state index in [0.29, 0.717) is 24.3 Å². The predicted octanol–water partition coefficient (Wildman–Crippen LogP) is 1.43. The number of rotatable bonds is 4. The molecule has 74 valence electrons. The first kappa shape index (κ1) is 10.2. The van der Waals surface area contributed by atoms with E-state index in [9.17, 15) is 9.59 Å². The molecule has 0 saturated heterocycles. The van der Waals surface area contributed by atoms with Gasteiger partial charge < -0.3 is 10.1 Å². The van der Waals surface area contributed by atoms with Gasteiger partial charge in [0.2, 0.25) is 6.41 Å².